The molecular weight excluding hydrogens is 613 g/mol. The molecule has 4 aromatic rings. The Morgan fingerprint density at radius 1 is 0.708 bits per heavy atom. The molecule has 5 nitrogen and oxygen atoms in total. The number of fused-ring (bicyclic) bond motifs is 2. The van der Waals surface area contributed by atoms with Gasteiger partial charge in [-0.2, -0.15) is 13.2 Å². The van der Waals surface area contributed by atoms with Gasteiger partial charge in [-0.15, -0.1) is 0 Å². The van der Waals surface area contributed by atoms with E-state index in [9.17, 15) is 18.0 Å². The van der Waals surface area contributed by atoms with Crippen LogP contribution in [-0.4, -0.2) is 32.7 Å². The fraction of sp³-hybridized carbons (Fsp3) is 0.375. The highest BCUT2D eigenvalue weighted by Gasteiger charge is 2.34. The van der Waals surface area contributed by atoms with E-state index in [4.69, 9.17) is 9.47 Å². The lowest BCUT2D eigenvalue weighted by Gasteiger charge is -2.33. The van der Waals surface area contributed by atoms with Crippen molar-refractivity contribution in [3.8, 4) is 11.5 Å². The first-order valence-corrected chi connectivity index (χ1v) is 17.0. The summed E-state index contributed by atoms with van der Waals surface area (Å²) in [7, 11) is 1.37. The zero-order valence-corrected chi connectivity index (χ0v) is 28.3. The van der Waals surface area contributed by atoms with Gasteiger partial charge in [0.05, 0.1) is 18.2 Å². The Hall–Kier alpha value is -4.46. The number of carbonyl (C=O) groups is 1. The van der Waals surface area contributed by atoms with E-state index in [2.05, 4.69) is 43.9 Å². The summed E-state index contributed by atoms with van der Waals surface area (Å²) in [5, 5.41) is 0. The van der Waals surface area contributed by atoms with E-state index in [0.29, 0.717) is 23.5 Å². The third kappa shape index (κ3) is 7.64. The summed E-state index contributed by atoms with van der Waals surface area (Å²) in [5.41, 5.74) is 4.56. The van der Waals surface area contributed by atoms with Crippen LogP contribution in [0.3, 0.4) is 0 Å². The number of ether oxygens (including phenoxy) is 2. The standard InChI is InChI=1S/C40H45F3N2O3/c1-5-8-22-44(23-9-6-2)29-18-20-34-37(27-29)48-36-21-19-31(26-35(36)38(34)32-16-11-12-17-33(32)39(46)47-4)45(24-10-7-3)30-15-13-14-28(25-30)40(41,42)43/h11-21,25-27,38H,5-10,22-24H2,1-4H3. The quantitative estimate of drug-likeness (QED) is 0.111. The molecule has 8 heteroatoms. The second-order valence-corrected chi connectivity index (χ2v) is 12.3. The van der Waals surface area contributed by atoms with Crippen molar-refractivity contribution in [2.24, 2.45) is 0 Å². The third-order valence-corrected chi connectivity index (χ3v) is 8.97. The predicted octanol–water partition coefficient (Wildman–Crippen LogP) is 11.1. The van der Waals surface area contributed by atoms with E-state index in [0.717, 1.165) is 91.5 Å². The number of anilines is 3. The minimum Gasteiger partial charge on any atom is -0.465 e. The second kappa shape index (κ2) is 15.6. The second-order valence-electron chi connectivity index (χ2n) is 12.3. The smallest absolute Gasteiger partial charge is 0.416 e. The van der Waals surface area contributed by atoms with Gasteiger partial charge in [-0.25, -0.2) is 4.79 Å². The lowest BCUT2D eigenvalue weighted by molar-refractivity contribution is -0.137. The number of methoxy groups -OCH3 is 1. The normalized spacial score (nSPS) is 13.7. The molecule has 0 amide bonds. The van der Waals surface area contributed by atoms with Crippen LogP contribution in [0, 0.1) is 0 Å². The molecule has 48 heavy (non-hydrogen) atoms. The molecular formula is C40H45F3N2O3. The van der Waals surface area contributed by atoms with Crippen molar-refractivity contribution >= 4 is 23.0 Å². The van der Waals surface area contributed by atoms with Crippen molar-refractivity contribution < 1.29 is 27.4 Å². The van der Waals surface area contributed by atoms with Gasteiger partial charge in [0, 0.05) is 59.8 Å². The van der Waals surface area contributed by atoms with E-state index < -0.39 is 17.7 Å². The van der Waals surface area contributed by atoms with Crippen molar-refractivity contribution in [3.63, 3.8) is 0 Å². The van der Waals surface area contributed by atoms with Gasteiger partial charge in [0.2, 0.25) is 0 Å². The van der Waals surface area contributed by atoms with Crippen LogP contribution < -0.4 is 14.5 Å². The average Bonchev–Trinajstić information content (AvgIpc) is 3.10. The first kappa shape index (κ1) is 34.9. The lowest BCUT2D eigenvalue weighted by Crippen LogP contribution is -2.26. The molecule has 0 N–H and O–H groups in total. The van der Waals surface area contributed by atoms with Gasteiger partial charge in [-0.05, 0) is 73.4 Å². The van der Waals surface area contributed by atoms with E-state index >= 15 is 0 Å². The van der Waals surface area contributed by atoms with Crippen molar-refractivity contribution in [2.45, 2.75) is 71.4 Å². The summed E-state index contributed by atoms with van der Waals surface area (Å²) in [6.07, 6.45) is 1.58. The average molecular weight is 659 g/mol. The SMILES string of the molecule is CCCCN(CCCC)c1ccc2c(c1)Oc1ccc(N(CCCC)c3cccc(C(F)(F)F)c3)cc1C2c1ccccc1C(=O)OC. The molecule has 1 unspecified atom stereocenters. The van der Waals surface area contributed by atoms with Crippen LogP contribution >= 0.6 is 0 Å². The number of halogens is 3. The zero-order chi connectivity index (χ0) is 34.3. The maximum absolute atomic E-state index is 13.7. The number of carbonyl (C=O) groups excluding carboxylic acids is 1. The molecule has 0 saturated carbocycles. The fourth-order valence-electron chi connectivity index (χ4n) is 6.38. The molecule has 1 heterocycles. The molecule has 1 atom stereocenters. The molecule has 0 aliphatic carbocycles. The van der Waals surface area contributed by atoms with E-state index in [1.165, 1.54) is 19.2 Å². The molecule has 0 radical (unpaired) electrons. The molecule has 4 aromatic carbocycles. The number of alkyl halides is 3. The molecule has 0 bridgehead atoms. The molecule has 1 aliphatic heterocycles. The molecule has 0 aromatic heterocycles. The minimum absolute atomic E-state index is 0.387. The summed E-state index contributed by atoms with van der Waals surface area (Å²) in [6.45, 7) is 8.88. The van der Waals surface area contributed by atoms with Gasteiger partial charge >= 0.3 is 12.1 Å². The Bertz CT molecular complexity index is 1700. The van der Waals surface area contributed by atoms with E-state index in [1.807, 2.05) is 41.3 Å². The summed E-state index contributed by atoms with van der Waals surface area (Å²) >= 11 is 0. The van der Waals surface area contributed by atoms with Gasteiger partial charge in [0.1, 0.15) is 11.5 Å². The van der Waals surface area contributed by atoms with Crippen LogP contribution in [0.4, 0.5) is 30.2 Å². The first-order valence-electron chi connectivity index (χ1n) is 17.0. The fourth-order valence-corrected chi connectivity index (χ4v) is 6.38. The molecule has 0 saturated heterocycles. The van der Waals surface area contributed by atoms with Gasteiger partial charge in [-0.3, -0.25) is 0 Å². The molecule has 0 fully saturated rings. The Morgan fingerprint density at radius 3 is 2.06 bits per heavy atom. The Morgan fingerprint density at radius 2 is 1.38 bits per heavy atom. The predicted molar refractivity (Wildman–Crippen MR) is 187 cm³/mol. The van der Waals surface area contributed by atoms with Crippen molar-refractivity contribution in [2.75, 3.05) is 36.5 Å². The largest absolute Gasteiger partial charge is 0.465 e. The number of unbranched alkanes of at least 4 members (excludes halogenated alkanes) is 3. The van der Waals surface area contributed by atoms with Crippen LogP contribution in [-0.2, 0) is 10.9 Å². The highest BCUT2D eigenvalue weighted by molar-refractivity contribution is 5.92. The number of esters is 1. The number of nitrogens with zero attached hydrogens (tertiary/aromatic N) is 2. The summed E-state index contributed by atoms with van der Waals surface area (Å²) in [5.74, 6) is 0.534. The van der Waals surface area contributed by atoms with Gasteiger partial charge in [-0.1, -0.05) is 70.4 Å². The number of hydrogen-bond acceptors (Lipinski definition) is 5. The van der Waals surface area contributed by atoms with Crippen molar-refractivity contribution in [1.82, 2.24) is 0 Å². The summed E-state index contributed by atoms with van der Waals surface area (Å²) in [4.78, 5) is 17.4. The Kier molecular flexibility index (Phi) is 11.3. The van der Waals surface area contributed by atoms with Crippen LogP contribution in [0.2, 0.25) is 0 Å². The lowest BCUT2D eigenvalue weighted by atomic mass is 9.80. The Labute approximate surface area is 282 Å². The number of rotatable bonds is 14. The van der Waals surface area contributed by atoms with Gasteiger partial charge in [0.25, 0.3) is 0 Å². The Balaban J connectivity index is 1.66. The van der Waals surface area contributed by atoms with Crippen LogP contribution in [0.5, 0.6) is 11.5 Å². The summed E-state index contributed by atoms with van der Waals surface area (Å²) < 4.78 is 53.1. The number of benzene rings is 4. The molecule has 0 spiro atoms. The number of hydrogen-bond donors (Lipinski definition) is 0. The molecule has 254 valence electrons. The maximum Gasteiger partial charge on any atom is 0.416 e. The van der Waals surface area contributed by atoms with Gasteiger partial charge < -0.3 is 19.3 Å². The third-order valence-electron chi connectivity index (χ3n) is 8.97. The maximum atomic E-state index is 13.7. The van der Waals surface area contributed by atoms with Crippen molar-refractivity contribution in [3.05, 3.63) is 113 Å². The molecule has 5 rings (SSSR count). The van der Waals surface area contributed by atoms with Crippen LogP contribution in [0.25, 0.3) is 0 Å². The van der Waals surface area contributed by atoms with E-state index in [1.54, 1.807) is 12.1 Å². The monoisotopic (exact) mass is 658 g/mol. The van der Waals surface area contributed by atoms with E-state index in [-0.39, 0.29) is 5.92 Å². The first-order chi connectivity index (χ1) is 23.2. The zero-order valence-electron chi connectivity index (χ0n) is 28.3. The van der Waals surface area contributed by atoms with Crippen molar-refractivity contribution in [1.29, 1.82) is 0 Å². The van der Waals surface area contributed by atoms with Crippen LogP contribution in [0.15, 0.2) is 84.9 Å². The topological polar surface area (TPSA) is 42.0 Å². The highest BCUT2D eigenvalue weighted by atomic mass is 19.4. The van der Waals surface area contributed by atoms with Gasteiger partial charge in [0.15, 0.2) is 0 Å². The van der Waals surface area contributed by atoms with Crippen LogP contribution in [0.1, 0.15) is 97.8 Å². The molecule has 1 aliphatic rings. The highest BCUT2D eigenvalue weighted by Crippen LogP contribution is 2.50. The minimum atomic E-state index is -4.45. The summed E-state index contributed by atoms with van der Waals surface area (Å²) in [6, 6.07) is 25.0.